The van der Waals surface area contributed by atoms with E-state index in [1.165, 1.54) is 0 Å². The minimum atomic E-state index is -0.156. The number of aryl methyl sites for hydroxylation is 3. The summed E-state index contributed by atoms with van der Waals surface area (Å²) in [5.74, 6) is 1.77. The molecule has 0 aliphatic heterocycles. The molecular formula is C11H15N3O. The third-order valence-electron chi connectivity index (χ3n) is 2.50. The summed E-state index contributed by atoms with van der Waals surface area (Å²) in [4.78, 5) is 0. The van der Waals surface area contributed by atoms with Crippen molar-refractivity contribution in [2.45, 2.75) is 19.9 Å². The van der Waals surface area contributed by atoms with Crippen molar-refractivity contribution in [3.63, 3.8) is 0 Å². The molecule has 0 saturated carbocycles. The molecule has 1 atom stereocenters. The highest BCUT2D eigenvalue weighted by molar-refractivity contribution is 5.31. The SMILES string of the molecule is Cc1cc(C(N)c2cnn(C)c2)c(C)o1. The first kappa shape index (κ1) is 9.98. The van der Waals surface area contributed by atoms with Crippen molar-refractivity contribution < 1.29 is 4.42 Å². The van der Waals surface area contributed by atoms with Gasteiger partial charge >= 0.3 is 0 Å². The second-order valence-corrected chi connectivity index (χ2v) is 3.79. The van der Waals surface area contributed by atoms with E-state index in [0.29, 0.717) is 0 Å². The molecule has 0 aliphatic carbocycles. The average Bonchev–Trinajstić information content (AvgIpc) is 2.71. The fourth-order valence-corrected chi connectivity index (χ4v) is 1.74. The molecule has 2 aromatic heterocycles. The van der Waals surface area contributed by atoms with Crippen LogP contribution in [-0.2, 0) is 7.05 Å². The van der Waals surface area contributed by atoms with Crippen LogP contribution in [0.3, 0.4) is 0 Å². The van der Waals surface area contributed by atoms with Crippen LogP contribution in [0.5, 0.6) is 0 Å². The summed E-state index contributed by atoms with van der Waals surface area (Å²) in [7, 11) is 1.88. The monoisotopic (exact) mass is 205 g/mol. The predicted octanol–water partition coefficient (Wildman–Crippen LogP) is 1.68. The Hall–Kier alpha value is -1.55. The third kappa shape index (κ3) is 1.80. The average molecular weight is 205 g/mol. The van der Waals surface area contributed by atoms with Gasteiger partial charge in [0, 0.05) is 24.4 Å². The molecule has 1 unspecified atom stereocenters. The van der Waals surface area contributed by atoms with Crippen LogP contribution in [0.2, 0.25) is 0 Å². The first-order valence-electron chi connectivity index (χ1n) is 4.89. The molecule has 4 heteroatoms. The molecule has 2 rings (SSSR count). The number of nitrogens with two attached hydrogens (primary N) is 1. The fraction of sp³-hybridized carbons (Fsp3) is 0.364. The lowest BCUT2D eigenvalue weighted by atomic mass is 10.0. The van der Waals surface area contributed by atoms with Crippen molar-refractivity contribution in [2.75, 3.05) is 0 Å². The van der Waals surface area contributed by atoms with E-state index in [-0.39, 0.29) is 6.04 Å². The lowest BCUT2D eigenvalue weighted by Crippen LogP contribution is -2.11. The van der Waals surface area contributed by atoms with Gasteiger partial charge in [0.05, 0.1) is 12.2 Å². The number of aromatic nitrogens is 2. The van der Waals surface area contributed by atoms with Crippen LogP contribution < -0.4 is 5.73 Å². The Bertz CT molecular complexity index is 470. The molecule has 2 aromatic rings. The number of furan rings is 1. The topological polar surface area (TPSA) is 57.0 Å². The quantitative estimate of drug-likeness (QED) is 0.811. The first-order valence-corrected chi connectivity index (χ1v) is 4.89. The van der Waals surface area contributed by atoms with Gasteiger partial charge in [0.1, 0.15) is 11.5 Å². The number of hydrogen-bond donors (Lipinski definition) is 1. The summed E-state index contributed by atoms with van der Waals surface area (Å²) >= 11 is 0. The summed E-state index contributed by atoms with van der Waals surface area (Å²) in [6.07, 6.45) is 3.71. The van der Waals surface area contributed by atoms with Crippen LogP contribution in [0.1, 0.15) is 28.7 Å². The van der Waals surface area contributed by atoms with Gasteiger partial charge in [-0.25, -0.2) is 0 Å². The Balaban J connectivity index is 2.35. The second-order valence-electron chi connectivity index (χ2n) is 3.79. The van der Waals surface area contributed by atoms with E-state index in [1.807, 2.05) is 33.2 Å². The zero-order chi connectivity index (χ0) is 11.0. The van der Waals surface area contributed by atoms with Crippen molar-refractivity contribution >= 4 is 0 Å². The maximum Gasteiger partial charge on any atom is 0.106 e. The van der Waals surface area contributed by atoms with E-state index in [9.17, 15) is 0 Å². The highest BCUT2D eigenvalue weighted by Gasteiger charge is 2.16. The van der Waals surface area contributed by atoms with Gasteiger partial charge in [-0.1, -0.05) is 0 Å². The highest BCUT2D eigenvalue weighted by atomic mass is 16.3. The Morgan fingerprint density at radius 1 is 1.47 bits per heavy atom. The largest absolute Gasteiger partial charge is 0.466 e. The van der Waals surface area contributed by atoms with Gasteiger partial charge in [-0.15, -0.1) is 0 Å². The Morgan fingerprint density at radius 2 is 2.20 bits per heavy atom. The van der Waals surface area contributed by atoms with E-state index in [0.717, 1.165) is 22.6 Å². The molecule has 2 N–H and O–H groups in total. The maximum atomic E-state index is 6.13. The Labute approximate surface area is 88.7 Å². The highest BCUT2D eigenvalue weighted by Crippen LogP contribution is 2.24. The molecule has 0 radical (unpaired) electrons. The van der Waals surface area contributed by atoms with Crippen molar-refractivity contribution in [1.29, 1.82) is 0 Å². The molecule has 2 heterocycles. The smallest absolute Gasteiger partial charge is 0.106 e. The zero-order valence-electron chi connectivity index (χ0n) is 9.19. The molecule has 0 spiro atoms. The fourth-order valence-electron chi connectivity index (χ4n) is 1.74. The molecule has 0 aromatic carbocycles. The molecule has 0 aliphatic rings. The van der Waals surface area contributed by atoms with Gasteiger partial charge in [0.2, 0.25) is 0 Å². The van der Waals surface area contributed by atoms with Crippen LogP contribution >= 0.6 is 0 Å². The first-order chi connectivity index (χ1) is 7.08. The minimum Gasteiger partial charge on any atom is -0.466 e. The van der Waals surface area contributed by atoms with Crippen molar-refractivity contribution in [2.24, 2.45) is 12.8 Å². The van der Waals surface area contributed by atoms with Crippen LogP contribution in [0.4, 0.5) is 0 Å². The number of nitrogens with zero attached hydrogens (tertiary/aromatic N) is 2. The van der Waals surface area contributed by atoms with Gasteiger partial charge in [-0.2, -0.15) is 5.10 Å². The van der Waals surface area contributed by atoms with Crippen LogP contribution in [0, 0.1) is 13.8 Å². The standard InChI is InChI=1S/C11H15N3O/c1-7-4-10(8(2)15-7)11(12)9-5-13-14(3)6-9/h4-6,11H,12H2,1-3H3. The Kier molecular flexibility index (Phi) is 2.36. The molecule has 0 fully saturated rings. The van der Waals surface area contributed by atoms with Gasteiger partial charge in [0.15, 0.2) is 0 Å². The van der Waals surface area contributed by atoms with E-state index in [2.05, 4.69) is 5.10 Å². The normalized spacial score (nSPS) is 13.1. The number of hydrogen-bond acceptors (Lipinski definition) is 3. The predicted molar refractivity (Wildman–Crippen MR) is 57.4 cm³/mol. The van der Waals surface area contributed by atoms with Crippen LogP contribution in [-0.4, -0.2) is 9.78 Å². The molecule has 0 amide bonds. The summed E-state index contributed by atoms with van der Waals surface area (Å²) in [6, 6.07) is 1.82. The van der Waals surface area contributed by atoms with E-state index in [4.69, 9.17) is 10.2 Å². The number of rotatable bonds is 2. The Morgan fingerprint density at radius 3 is 2.67 bits per heavy atom. The maximum absolute atomic E-state index is 6.13. The lowest BCUT2D eigenvalue weighted by molar-refractivity contribution is 0.499. The summed E-state index contributed by atoms with van der Waals surface area (Å²) in [5.41, 5.74) is 8.16. The van der Waals surface area contributed by atoms with Crippen LogP contribution in [0.15, 0.2) is 22.9 Å². The molecule has 0 bridgehead atoms. The zero-order valence-corrected chi connectivity index (χ0v) is 9.19. The van der Waals surface area contributed by atoms with E-state index in [1.54, 1.807) is 10.9 Å². The summed E-state index contributed by atoms with van der Waals surface area (Å²) in [6.45, 7) is 3.85. The van der Waals surface area contributed by atoms with Crippen molar-refractivity contribution in [3.05, 3.63) is 41.1 Å². The summed E-state index contributed by atoms with van der Waals surface area (Å²) < 4.78 is 7.20. The van der Waals surface area contributed by atoms with Crippen molar-refractivity contribution in [1.82, 2.24) is 9.78 Å². The van der Waals surface area contributed by atoms with E-state index >= 15 is 0 Å². The third-order valence-corrected chi connectivity index (χ3v) is 2.50. The minimum absolute atomic E-state index is 0.156. The van der Waals surface area contributed by atoms with Gasteiger partial charge < -0.3 is 10.2 Å². The summed E-state index contributed by atoms with van der Waals surface area (Å²) in [5, 5.41) is 4.11. The molecule has 0 saturated heterocycles. The molecule has 4 nitrogen and oxygen atoms in total. The van der Waals surface area contributed by atoms with E-state index < -0.39 is 0 Å². The van der Waals surface area contributed by atoms with Crippen molar-refractivity contribution in [3.8, 4) is 0 Å². The molecule has 80 valence electrons. The second kappa shape index (κ2) is 3.55. The molecule has 15 heavy (non-hydrogen) atoms. The van der Waals surface area contributed by atoms with Crippen LogP contribution in [0.25, 0.3) is 0 Å². The molecular weight excluding hydrogens is 190 g/mol. The van der Waals surface area contributed by atoms with Gasteiger partial charge in [-0.3, -0.25) is 4.68 Å². The van der Waals surface area contributed by atoms with Gasteiger partial charge in [-0.05, 0) is 19.9 Å². The van der Waals surface area contributed by atoms with Gasteiger partial charge in [0.25, 0.3) is 0 Å². The lowest BCUT2D eigenvalue weighted by Gasteiger charge is -2.07.